The van der Waals surface area contributed by atoms with Gasteiger partial charge in [0, 0.05) is 52.4 Å². The Morgan fingerprint density at radius 3 is 2.57 bits per heavy atom. The van der Waals surface area contributed by atoms with Crippen LogP contribution in [-0.4, -0.2) is 72.5 Å². The van der Waals surface area contributed by atoms with Gasteiger partial charge in [0.25, 0.3) is 0 Å². The second kappa shape index (κ2) is 8.47. The average molecular weight is 320 g/mol. The van der Waals surface area contributed by atoms with Crippen LogP contribution in [-0.2, 0) is 9.53 Å². The summed E-state index contributed by atoms with van der Waals surface area (Å²) in [6.07, 6.45) is 1.52. The summed E-state index contributed by atoms with van der Waals surface area (Å²) in [5.41, 5.74) is 0.456. The van der Waals surface area contributed by atoms with E-state index in [9.17, 15) is 9.59 Å². The highest BCUT2D eigenvalue weighted by Crippen LogP contribution is 2.07. The maximum atomic E-state index is 11.5. The van der Waals surface area contributed by atoms with E-state index in [-0.39, 0.29) is 11.9 Å². The molecule has 2 heterocycles. The number of nitrogens with one attached hydrogen (secondary N) is 1. The molecule has 7 nitrogen and oxygen atoms in total. The fourth-order valence-corrected chi connectivity index (χ4v) is 2.46. The van der Waals surface area contributed by atoms with Crippen molar-refractivity contribution in [1.82, 2.24) is 14.8 Å². The number of rotatable bonds is 6. The van der Waals surface area contributed by atoms with Gasteiger partial charge in [-0.15, -0.1) is 0 Å². The molecule has 1 aromatic heterocycles. The number of aromatic nitrogens is 1. The average Bonchev–Trinajstić information content (AvgIpc) is 2.56. The SMILES string of the molecule is CCOC(=O)c1ccc(NCCN2CCN(C(C)=O)CC2)nc1. The smallest absolute Gasteiger partial charge is 0.339 e. The Hall–Kier alpha value is -2.15. The molecule has 1 amide bonds. The highest BCUT2D eigenvalue weighted by Gasteiger charge is 2.17. The third-order valence-corrected chi connectivity index (χ3v) is 3.83. The first-order valence-electron chi connectivity index (χ1n) is 7.95. The fraction of sp³-hybridized carbons (Fsp3) is 0.562. The Morgan fingerprint density at radius 1 is 1.26 bits per heavy atom. The monoisotopic (exact) mass is 320 g/mol. The first-order chi connectivity index (χ1) is 11.1. The van der Waals surface area contributed by atoms with Gasteiger partial charge in [0.05, 0.1) is 12.2 Å². The maximum absolute atomic E-state index is 11.5. The summed E-state index contributed by atoms with van der Waals surface area (Å²) in [6.45, 7) is 8.80. The van der Waals surface area contributed by atoms with Crippen molar-refractivity contribution in [2.24, 2.45) is 0 Å². The summed E-state index contributed by atoms with van der Waals surface area (Å²) >= 11 is 0. The summed E-state index contributed by atoms with van der Waals surface area (Å²) in [6, 6.07) is 3.49. The van der Waals surface area contributed by atoms with E-state index in [2.05, 4.69) is 15.2 Å². The molecular formula is C16H24N4O3. The Kier molecular flexibility index (Phi) is 6.34. The number of hydrogen-bond donors (Lipinski definition) is 1. The van der Waals surface area contributed by atoms with Crippen LogP contribution in [0.1, 0.15) is 24.2 Å². The third-order valence-electron chi connectivity index (χ3n) is 3.83. The Bertz CT molecular complexity index is 525. The lowest BCUT2D eigenvalue weighted by atomic mass is 10.3. The zero-order valence-corrected chi connectivity index (χ0v) is 13.7. The van der Waals surface area contributed by atoms with E-state index in [0.717, 1.165) is 45.1 Å². The second-order valence-corrected chi connectivity index (χ2v) is 5.43. The molecule has 1 aromatic rings. The number of amides is 1. The number of pyridine rings is 1. The van der Waals surface area contributed by atoms with Crippen LogP contribution in [0, 0.1) is 0 Å². The van der Waals surface area contributed by atoms with Gasteiger partial charge in [-0.05, 0) is 19.1 Å². The molecule has 2 rings (SSSR count). The van der Waals surface area contributed by atoms with Gasteiger partial charge in [-0.3, -0.25) is 9.69 Å². The molecule has 1 N–H and O–H groups in total. The van der Waals surface area contributed by atoms with Crippen LogP contribution in [0.4, 0.5) is 5.82 Å². The topological polar surface area (TPSA) is 74.8 Å². The zero-order chi connectivity index (χ0) is 16.7. The minimum absolute atomic E-state index is 0.147. The summed E-state index contributed by atoms with van der Waals surface area (Å²) in [5.74, 6) is 0.531. The first-order valence-corrected chi connectivity index (χ1v) is 7.95. The molecule has 7 heteroatoms. The van der Waals surface area contributed by atoms with E-state index in [4.69, 9.17) is 4.74 Å². The van der Waals surface area contributed by atoms with Gasteiger partial charge in [0.2, 0.25) is 5.91 Å². The van der Waals surface area contributed by atoms with Crippen LogP contribution in [0.15, 0.2) is 18.3 Å². The van der Waals surface area contributed by atoms with Crippen molar-refractivity contribution in [3.63, 3.8) is 0 Å². The Morgan fingerprint density at radius 2 is 2.00 bits per heavy atom. The predicted octanol–water partition coefficient (Wildman–Crippen LogP) is 0.834. The lowest BCUT2D eigenvalue weighted by molar-refractivity contribution is -0.130. The van der Waals surface area contributed by atoms with Crippen LogP contribution >= 0.6 is 0 Å². The molecule has 1 saturated heterocycles. The number of carbonyl (C=O) groups is 2. The number of hydrogen-bond acceptors (Lipinski definition) is 6. The van der Waals surface area contributed by atoms with Gasteiger partial charge in [0.1, 0.15) is 5.82 Å². The van der Waals surface area contributed by atoms with E-state index >= 15 is 0 Å². The maximum Gasteiger partial charge on any atom is 0.339 e. The normalized spacial score (nSPS) is 15.3. The summed E-state index contributed by atoms with van der Waals surface area (Å²) < 4.78 is 4.92. The summed E-state index contributed by atoms with van der Waals surface area (Å²) in [7, 11) is 0. The molecule has 0 spiro atoms. The molecule has 0 saturated carbocycles. The van der Waals surface area contributed by atoms with Crippen molar-refractivity contribution < 1.29 is 14.3 Å². The van der Waals surface area contributed by atoms with Crippen molar-refractivity contribution in [3.8, 4) is 0 Å². The number of ether oxygens (including phenoxy) is 1. The fourth-order valence-electron chi connectivity index (χ4n) is 2.46. The molecule has 0 bridgehead atoms. The van der Waals surface area contributed by atoms with Gasteiger partial charge in [-0.1, -0.05) is 0 Å². The van der Waals surface area contributed by atoms with E-state index in [1.807, 2.05) is 4.90 Å². The van der Waals surface area contributed by atoms with Gasteiger partial charge in [0.15, 0.2) is 0 Å². The van der Waals surface area contributed by atoms with Crippen LogP contribution in [0.3, 0.4) is 0 Å². The van der Waals surface area contributed by atoms with Gasteiger partial charge < -0.3 is 15.0 Å². The van der Waals surface area contributed by atoms with E-state index < -0.39 is 0 Å². The molecule has 23 heavy (non-hydrogen) atoms. The number of anilines is 1. The number of nitrogens with zero attached hydrogens (tertiary/aromatic N) is 3. The van der Waals surface area contributed by atoms with Crippen molar-refractivity contribution >= 4 is 17.7 Å². The van der Waals surface area contributed by atoms with Crippen molar-refractivity contribution in [2.45, 2.75) is 13.8 Å². The predicted molar refractivity (Wildman–Crippen MR) is 87.4 cm³/mol. The minimum atomic E-state index is -0.352. The highest BCUT2D eigenvalue weighted by atomic mass is 16.5. The lowest BCUT2D eigenvalue weighted by Gasteiger charge is -2.34. The second-order valence-electron chi connectivity index (χ2n) is 5.43. The Labute approximate surface area is 136 Å². The zero-order valence-electron chi connectivity index (χ0n) is 13.7. The van der Waals surface area contributed by atoms with Crippen LogP contribution < -0.4 is 5.32 Å². The standard InChI is InChI=1S/C16H24N4O3/c1-3-23-16(22)14-4-5-15(18-12-14)17-6-7-19-8-10-20(11-9-19)13(2)21/h4-5,12H,3,6-11H2,1-2H3,(H,17,18). The van der Waals surface area contributed by atoms with Crippen molar-refractivity contribution in [2.75, 3.05) is 51.2 Å². The molecule has 0 aliphatic carbocycles. The number of esters is 1. The molecule has 126 valence electrons. The molecular weight excluding hydrogens is 296 g/mol. The van der Waals surface area contributed by atoms with Crippen LogP contribution in [0.5, 0.6) is 0 Å². The third kappa shape index (κ3) is 5.21. The number of carbonyl (C=O) groups excluding carboxylic acids is 2. The van der Waals surface area contributed by atoms with Crippen molar-refractivity contribution in [3.05, 3.63) is 23.9 Å². The van der Waals surface area contributed by atoms with Gasteiger partial charge in [-0.2, -0.15) is 0 Å². The Balaban J connectivity index is 1.70. The minimum Gasteiger partial charge on any atom is -0.462 e. The first kappa shape index (κ1) is 17.2. The summed E-state index contributed by atoms with van der Waals surface area (Å²) in [4.78, 5) is 31.2. The lowest BCUT2D eigenvalue weighted by Crippen LogP contribution is -2.49. The van der Waals surface area contributed by atoms with E-state index in [1.165, 1.54) is 6.20 Å². The van der Waals surface area contributed by atoms with Gasteiger partial charge >= 0.3 is 5.97 Å². The highest BCUT2D eigenvalue weighted by molar-refractivity contribution is 5.89. The van der Waals surface area contributed by atoms with E-state index in [0.29, 0.717) is 12.2 Å². The molecule has 1 aliphatic heterocycles. The largest absolute Gasteiger partial charge is 0.462 e. The molecule has 0 atom stereocenters. The van der Waals surface area contributed by atoms with Crippen LogP contribution in [0.2, 0.25) is 0 Å². The van der Waals surface area contributed by atoms with Gasteiger partial charge in [-0.25, -0.2) is 9.78 Å². The molecule has 1 fully saturated rings. The molecule has 0 aromatic carbocycles. The summed E-state index contributed by atoms with van der Waals surface area (Å²) in [5, 5.41) is 3.24. The molecule has 1 aliphatic rings. The molecule has 0 radical (unpaired) electrons. The van der Waals surface area contributed by atoms with Crippen molar-refractivity contribution in [1.29, 1.82) is 0 Å². The number of piperazine rings is 1. The molecule has 0 unspecified atom stereocenters. The van der Waals surface area contributed by atoms with Crippen LogP contribution in [0.25, 0.3) is 0 Å². The quantitative estimate of drug-likeness (QED) is 0.783. The van der Waals surface area contributed by atoms with E-state index in [1.54, 1.807) is 26.0 Å².